The van der Waals surface area contributed by atoms with Gasteiger partial charge in [-0.3, -0.25) is 4.79 Å². The second-order valence-electron chi connectivity index (χ2n) is 4.34. The number of thioether (sulfide) groups is 1. The van der Waals surface area contributed by atoms with Gasteiger partial charge in [0.2, 0.25) is 5.91 Å². The molecule has 4 nitrogen and oxygen atoms in total. The molecule has 0 aliphatic carbocycles. The van der Waals surface area contributed by atoms with E-state index in [1.165, 1.54) is 11.8 Å². The zero-order chi connectivity index (χ0) is 15.1. The minimum atomic E-state index is -0.0658. The lowest BCUT2D eigenvalue weighted by Gasteiger charge is -2.11. The molecule has 0 heterocycles. The van der Waals surface area contributed by atoms with Crippen LogP contribution in [0.5, 0.6) is 5.75 Å². The van der Waals surface area contributed by atoms with E-state index in [1.807, 2.05) is 55.5 Å². The maximum atomic E-state index is 12.0. The summed E-state index contributed by atoms with van der Waals surface area (Å²) in [6, 6.07) is 14.9. The Balaban J connectivity index is 1.91. The predicted molar refractivity (Wildman–Crippen MR) is 87.8 cm³/mol. The van der Waals surface area contributed by atoms with Gasteiger partial charge < -0.3 is 15.8 Å². The lowest BCUT2D eigenvalue weighted by atomic mass is 10.3. The number of ether oxygens (including phenoxy) is 1. The van der Waals surface area contributed by atoms with Gasteiger partial charge >= 0.3 is 0 Å². The molecule has 5 heteroatoms. The number of nitrogens with two attached hydrogens (primary N) is 1. The van der Waals surface area contributed by atoms with Gasteiger partial charge in [0.1, 0.15) is 5.75 Å². The fraction of sp³-hybridized carbons (Fsp3) is 0.188. The molecule has 0 fully saturated rings. The Bertz CT molecular complexity index is 599. The number of hydrogen-bond acceptors (Lipinski definition) is 4. The fourth-order valence-corrected chi connectivity index (χ4v) is 2.45. The smallest absolute Gasteiger partial charge is 0.234 e. The quantitative estimate of drug-likeness (QED) is 0.634. The van der Waals surface area contributed by atoms with E-state index in [2.05, 4.69) is 5.32 Å². The SMILES string of the molecule is CCOc1ccccc1NC(=O)CSc1ccc(N)cc1. The largest absolute Gasteiger partial charge is 0.492 e. The van der Waals surface area contributed by atoms with Crippen LogP contribution in [0, 0.1) is 0 Å². The summed E-state index contributed by atoms with van der Waals surface area (Å²) in [7, 11) is 0. The van der Waals surface area contributed by atoms with Crippen molar-refractivity contribution >= 4 is 29.0 Å². The maximum absolute atomic E-state index is 12.0. The van der Waals surface area contributed by atoms with Crippen LogP contribution in [0.1, 0.15) is 6.92 Å². The zero-order valence-electron chi connectivity index (χ0n) is 11.8. The molecule has 2 aromatic carbocycles. The molecule has 0 bridgehead atoms. The number of para-hydroxylation sites is 2. The highest BCUT2D eigenvalue weighted by atomic mass is 32.2. The third kappa shape index (κ3) is 4.72. The molecule has 0 aromatic heterocycles. The summed E-state index contributed by atoms with van der Waals surface area (Å²) in [5.74, 6) is 0.958. The molecular weight excluding hydrogens is 284 g/mol. The first-order valence-corrected chi connectivity index (χ1v) is 7.67. The predicted octanol–water partition coefficient (Wildman–Crippen LogP) is 3.40. The fourth-order valence-electron chi connectivity index (χ4n) is 1.75. The maximum Gasteiger partial charge on any atom is 0.234 e. The molecule has 0 aliphatic heterocycles. The highest BCUT2D eigenvalue weighted by Gasteiger charge is 2.07. The molecule has 0 aliphatic rings. The molecule has 21 heavy (non-hydrogen) atoms. The monoisotopic (exact) mass is 302 g/mol. The van der Waals surface area contributed by atoms with Gasteiger partial charge in [-0.05, 0) is 43.3 Å². The summed E-state index contributed by atoms with van der Waals surface area (Å²) in [5, 5.41) is 2.87. The number of carbonyl (C=O) groups is 1. The van der Waals surface area contributed by atoms with Crippen LogP contribution in [0.3, 0.4) is 0 Å². The van der Waals surface area contributed by atoms with Crippen LogP contribution < -0.4 is 15.8 Å². The summed E-state index contributed by atoms with van der Waals surface area (Å²) in [4.78, 5) is 13.0. The van der Waals surface area contributed by atoms with Crippen LogP contribution in [-0.4, -0.2) is 18.3 Å². The van der Waals surface area contributed by atoms with Crippen molar-refractivity contribution in [2.24, 2.45) is 0 Å². The third-order valence-electron chi connectivity index (χ3n) is 2.71. The summed E-state index contributed by atoms with van der Waals surface area (Å²) < 4.78 is 5.48. The second kappa shape index (κ2) is 7.59. The average Bonchev–Trinajstić information content (AvgIpc) is 2.49. The van der Waals surface area contributed by atoms with Crippen molar-refractivity contribution in [3.63, 3.8) is 0 Å². The molecule has 2 rings (SSSR count). The van der Waals surface area contributed by atoms with E-state index in [0.717, 1.165) is 10.6 Å². The third-order valence-corrected chi connectivity index (χ3v) is 3.72. The van der Waals surface area contributed by atoms with Crippen LogP contribution in [0.2, 0.25) is 0 Å². The Kier molecular flexibility index (Phi) is 5.51. The van der Waals surface area contributed by atoms with E-state index in [0.29, 0.717) is 23.8 Å². The number of nitrogen functional groups attached to an aromatic ring is 1. The molecule has 0 spiro atoms. The molecule has 110 valence electrons. The summed E-state index contributed by atoms with van der Waals surface area (Å²) in [5.41, 5.74) is 7.04. The Morgan fingerprint density at radius 1 is 1.19 bits per heavy atom. The molecule has 0 saturated carbocycles. The zero-order valence-corrected chi connectivity index (χ0v) is 12.7. The van der Waals surface area contributed by atoms with Gasteiger partial charge in [-0.25, -0.2) is 0 Å². The number of amides is 1. The minimum absolute atomic E-state index is 0.0658. The number of rotatable bonds is 6. The highest BCUT2D eigenvalue weighted by Crippen LogP contribution is 2.24. The Labute approximate surface area is 128 Å². The molecule has 0 saturated heterocycles. The van der Waals surface area contributed by atoms with Crippen molar-refractivity contribution < 1.29 is 9.53 Å². The van der Waals surface area contributed by atoms with Gasteiger partial charge in [-0.1, -0.05) is 12.1 Å². The lowest BCUT2D eigenvalue weighted by molar-refractivity contribution is -0.113. The molecule has 1 amide bonds. The van der Waals surface area contributed by atoms with Crippen molar-refractivity contribution in [1.82, 2.24) is 0 Å². The number of anilines is 2. The van der Waals surface area contributed by atoms with Crippen LogP contribution in [0.25, 0.3) is 0 Å². The van der Waals surface area contributed by atoms with Crippen molar-refractivity contribution in [2.75, 3.05) is 23.4 Å². The average molecular weight is 302 g/mol. The summed E-state index contributed by atoms with van der Waals surface area (Å²) in [6.45, 7) is 2.47. The van der Waals surface area contributed by atoms with Crippen molar-refractivity contribution in [2.45, 2.75) is 11.8 Å². The van der Waals surface area contributed by atoms with Gasteiger partial charge in [-0.2, -0.15) is 0 Å². The van der Waals surface area contributed by atoms with E-state index in [4.69, 9.17) is 10.5 Å². The number of hydrogen-bond donors (Lipinski definition) is 2. The van der Waals surface area contributed by atoms with Crippen molar-refractivity contribution in [1.29, 1.82) is 0 Å². The molecule has 0 radical (unpaired) electrons. The molecule has 2 aromatic rings. The number of carbonyl (C=O) groups excluding carboxylic acids is 1. The Hall–Kier alpha value is -2.14. The molecule has 3 N–H and O–H groups in total. The minimum Gasteiger partial charge on any atom is -0.492 e. The first kappa shape index (κ1) is 15.3. The van der Waals surface area contributed by atoms with Gasteiger partial charge in [0.05, 0.1) is 18.0 Å². The van der Waals surface area contributed by atoms with E-state index in [9.17, 15) is 4.79 Å². The van der Waals surface area contributed by atoms with Gasteiger partial charge in [0.15, 0.2) is 0 Å². The van der Waals surface area contributed by atoms with Gasteiger partial charge in [0, 0.05) is 10.6 Å². The summed E-state index contributed by atoms with van der Waals surface area (Å²) in [6.07, 6.45) is 0. The van der Waals surface area contributed by atoms with Gasteiger partial charge in [-0.15, -0.1) is 11.8 Å². The van der Waals surface area contributed by atoms with E-state index in [-0.39, 0.29) is 5.91 Å². The second-order valence-corrected chi connectivity index (χ2v) is 5.38. The van der Waals surface area contributed by atoms with Crippen LogP contribution >= 0.6 is 11.8 Å². The molecule has 0 atom stereocenters. The first-order chi connectivity index (χ1) is 10.2. The standard InChI is InChI=1S/C16H18N2O2S/c1-2-20-15-6-4-3-5-14(15)18-16(19)11-21-13-9-7-12(17)8-10-13/h3-10H,2,11,17H2,1H3,(H,18,19). The van der Waals surface area contributed by atoms with Crippen LogP contribution in [-0.2, 0) is 4.79 Å². The normalized spacial score (nSPS) is 10.1. The lowest BCUT2D eigenvalue weighted by Crippen LogP contribution is -2.14. The van der Waals surface area contributed by atoms with Crippen molar-refractivity contribution in [3.05, 3.63) is 48.5 Å². The van der Waals surface area contributed by atoms with E-state index in [1.54, 1.807) is 0 Å². The molecule has 0 unspecified atom stereocenters. The van der Waals surface area contributed by atoms with Crippen LogP contribution in [0.15, 0.2) is 53.4 Å². The Morgan fingerprint density at radius 2 is 1.90 bits per heavy atom. The van der Waals surface area contributed by atoms with Gasteiger partial charge in [0.25, 0.3) is 0 Å². The van der Waals surface area contributed by atoms with E-state index >= 15 is 0 Å². The summed E-state index contributed by atoms with van der Waals surface area (Å²) >= 11 is 1.47. The van der Waals surface area contributed by atoms with Crippen molar-refractivity contribution in [3.8, 4) is 5.75 Å². The Morgan fingerprint density at radius 3 is 2.62 bits per heavy atom. The number of nitrogens with one attached hydrogen (secondary N) is 1. The topological polar surface area (TPSA) is 64.3 Å². The highest BCUT2D eigenvalue weighted by molar-refractivity contribution is 8.00. The first-order valence-electron chi connectivity index (χ1n) is 6.69. The van der Waals surface area contributed by atoms with E-state index < -0.39 is 0 Å². The number of benzene rings is 2. The molecular formula is C16H18N2O2S. The van der Waals surface area contributed by atoms with Crippen LogP contribution in [0.4, 0.5) is 11.4 Å².